The zero-order valence-corrected chi connectivity index (χ0v) is 14.9. The molecule has 0 fully saturated rings. The van der Waals surface area contributed by atoms with Gasteiger partial charge in [0.25, 0.3) is 5.56 Å². The summed E-state index contributed by atoms with van der Waals surface area (Å²) in [6.45, 7) is 7.49. The minimum atomic E-state index is -0.773. The molecule has 0 radical (unpaired) electrons. The number of rotatable bonds is 3. The highest BCUT2D eigenvalue weighted by Crippen LogP contribution is 2.29. The van der Waals surface area contributed by atoms with Crippen molar-refractivity contribution >= 4 is 27.5 Å². The van der Waals surface area contributed by atoms with Crippen LogP contribution in [-0.4, -0.2) is 15.5 Å². The van der Waals surface area contributed by atoms with Crippen LogP contribution in [0.2, 0.25) is 0 Å². The summed E-state index contributed by atoms with van der Waals surface area (Å²) in [5.74, 6) is -0.0868. The monoisotopic (exact) mass is 341 g/mol. The standard InChI is InChI=1S/C18H19N3O2S/c1-9-5-7-13(8-6-9)16-20-17-14(10(2)12(4)24-17)18(23)21(16)11(3)15(19)22/h5-8,11H,1-4H3,(H2,19,22). The maximum atomic E-state index is 13.1. The van der Waals surface area contributed by atoms with Crippen LogP contribution in [0.4, 0.5) is 0 Å². The molecule has 3 rings (SSSR count). The molecule has 1 aromatic carbocycles. The number of aromatic nitrogens is 2. The summed E-state index contributed by atoms with van der Waals surface area (Å²) in [7, 11) is 0. The van der Waals surface area contributed by atoms with Crippen LogP contribution in [0.5, 0.6) is 0 Å². The summed E-state index contributed by atoms with van der Waals surface area (Å²) < 4.78 is 1.41. The average Bonchev–Trinajstić information content (AvgIpc) is 2.82. The Labute approximate surface area is 143 Å². The number of thiophene rings is 1. The lowest BCUT2D eigenvalue weighted by Gasteiger charge is -2.17. The lowest BCUT2D eigenvalue weighted by molar-refractivity contribution is -0.120. The first-order chi connectivity index (χ1) is 11.3. The highest BCUT2D eigenvalue weighted by Gasteiger charge is 2.23. The minimum absolute atomic E-state index is 0.219. The zero-order chi connectivity index (χ0) is 17.6. The molecule has 0 aliphatic carbocycles. The maximum absolute atomic E-state index is 13.1. The quantitative estimate of drug-likeness (QED) is 0.795. The predicted molar refractivity (Wildman–Crippen MR) is 97.4 cm³/mol. The van der Waals surface area contributed by atoms with Gasteiger partial charge >= 0.3 is 0 Å². The predicted octanol–water partition coefficient (Wildman–Crippen LogP) is 3.10. The number of nitrogens with zero attached hydrogens (tertiary/aromatic N) is 2. The molecule has 0 bridgehead atoms. The van der Waals surface area contributed by atoms with Crippen LogP contribution in [0.1, 0.15) is 29.0 Å². The van der Waals surface area contributed by atoms with E-state index in [0.717, 1.165) is 21.6 Å². The van der Waals surface area contributed by atoms with Crippen molar-refractivity contribution in [3.63, 3.8) is 0 Å². The van der Waals surface area contributed by atoms with Gasteiger partial charge in [0.2, 0.25) is 5.91 Å². The van der Waals surface area contributed by atoms with Crippen LogP contribution in [0.3, 0.4) is 0 Å². The van der Waals surface area contributed by atoms with Crippen molar-refractivity contribution in [1.82, 2.24) is 9.55 Å². The zero-order valence-electron chi connectivity index (χ0n) is 14.1. The SMILES string of the molecule is Cc1ccc(-c2nc3sc(C)c(C)c3c(=O)n2C(C)C(N)=O)cc1. The number of amides is 1. The van der Waals surface area contributed by atoms with Crippen LogP contribution in [0, 0.1) is 20.8 Å². The lowest BCUT2D eigenvalue weighted by atomic mass is 10.1. The van der Waals surface area contributed by atoms with Crippen molar-refractivity contribution in [1.29, 1.82) is 0 Å². The van der Waals surface area contributed by atoms with Crippen LogP contribution >= 0.6 is 11.3 Å². The van der Waals surface area contributed by atoms with Crippen LogP contribution in [0.25, 0.3) is 21.6 Å². The lowest BCUT2D eigenvalue weighted by Crippen LogP contribution is -2.33. The van der Waals surface area contributed by atoms with Gasteiger partial charge in [-0.2, -0.15) is 0 Å². The summed E-state index contributed by atoms with van der Waals surface area (Å²) in [4.78, 5) is 31.3. The smallest absolute Gasteiger partial charge is 0.263 e. The Bertz CT molecular complexity index is 1000. The third kappa shape index (κ3) is 2.53. The molecule has 2 N–H and O–H groups in total. The van der Waals surface area contributed by atoms with Gasteiger partial charge in [0, 0.05) is 10.4 Å². The normalized spacial score (nSPS) is 12.5. The number of primary amides is 1. The molecule has 6 heteroatoms. The topological polar surface area (TPSA) is 78.0 Å². The first-order valence-corrected chi connectivity index (χ1v) is 8.51. The Morgan fingerprint density at radius 3 is 2.42 bits per heavy atom. The largest absolute Gasteiger partial charge is 0.368 e. The Hall–Kier alpha value is -2.47. The molecule has 0 aliphatic rings. The number of hydrogen-bond donors (Lipinski definition) is 1. The van der Waals surface area contributed by atoms with Gasteiger partial charge in [-0.05, 0) is 33.3 Å². The number of carbonyl (C=O) groups excluding carboxylic acids is 1. The van der Waals surface area contributed by atoms with Crippen molar-refractivity contribution < 1.29 is 4.79 Å². The van der Waals surface area contributed by atoms with E-state index in [4.69, 9.17) is 10.7 Å². The van der Waals surface area contributed by atoms with E-state index in [-0.39, 0.29) is 5.56 Å². The Balaban J connectivity index is 2.42. The summed E-state index contributed by atoms with van der Waals surface area (Å²) in [5, 5.41) is 0.571. The third-order valence-electron chi connectivity index (χ3n) is 4.34. The van der Waals surface area contributed by atoms with Crippen molar-refractivity contribution in [2.24, 2.45) is 5.73 Å². The molecule has 5 nitrogen and oxygen atoms in total. The van der Waals surface area contributed by atoms with Gasteiger partial charge in [0.1, 0.15) is 16.7 Å². The second-order valence-electron chi connectivity index (χ2n) is 6.02. The molecular weight excluding hydrogens is 322 g/mol. The average molecular weight is 341 g/mol. The van der Waals surface area contributed by atoms with E-state index in [0.29, 0.717) is 16.0 Å². The van der Waals surface area contributed by atoms with Crippen LogP contribution in [0.15, 0.2) is 29.1 Å². The Morgan fingerprint density at radius 1 is 1.21 bits per heavy atom. The highest BCUT2D eigenvalue weighted by atomic mass is 32.1. The van der Waals surface area contributed by atoms with Gasteiger partial charge in [0.05, 0.1) is 5.39 Å². The van der Waals surface area contributed by atoms with E-state index in [1.807, 2.05) is 45.0 Å². The second kappa shape index (κ2) is 5.87. The van der Waals surface area contributed by atoms with Gasteiger partial charge in [-0.1, -0.05) is 29.8 Å². The van der Waals surface area contributed by atoms with Gasteiger partial charge in [-0.15, -0.1) is 11.3 Å². The molecule has 1 unspecified atom stereocenters. The van der Waals surface area contributed by atoms with Crippen molar-refractivity contribution in [3.8, 4) is 11.4 Å². The van der Waals surface area contributed by atoms with E-state index < -0.39 is 11.9 Å². The van der Waals surface area contributed by atoms with Crippen LogP contribution < -0.4 is 11.3 Å². The highest BCUT2D eigenvalue weighted by molar-refractivity contribution is 7.18. The molecule has 24 heavy (non-hydrogen) atoms. The molecule has 0 saturated heterocycles. The molecule has 2 aromatic heterocycles. The van der Waals surface area contributed by atoms with Gasteiger partial charge < -0.3 is 5.73 Å². The van der Waals surface area contributed by atoms with Crippen molar-refractivity contribution in [2.75, 3.05) is 0 Å². The first-order valence-electron chi connectivity index (χ1n) is 7.70. The number of aryl methyl sites for hydroxylation is 3. The van der Waals surface area contributed by atoms with E-state index in [1.54, 1.807) is 6.92 Å². The second-order valence-corrected chi connectivity index (χ2v) is 7.22. The molecule has 1 atom stereocenters. The van der Waals surface area contributed by atoms with Gasteiger partial charge in [-0.25, -0.2) is 4.98 Å². The molecular formula is C18H19N3O2S. The molecule has 0 aliphatic heterocycles. The van der Waals surface area contributed by atoms with Gasteiger partial charge in [0.15, 0.2) is 0 Å². The molecule has 1 amide bonds. The number of nitrogens with two attached hydrogens (primary N) is 1. The molecule has 0 spiro atoms. The fourth-order valence-electron chi connectivity index (χ4n) is 2.70. The molecule has 124 valence electrons. The van der Waals surface area contributed by atoms with Crippen LogP contribution in [-0.2, 0) is 4.79 Å². The number of fused-ring (bicyclic) bond motifs is 1. The molecule has 0 saturated carbocycles. The summed E-state index contributed by atoms with van der Waals surface area (Å²) in [6.07, 6.45) is 0. The Morgan fingerprint density at radius 2 is 1.83 bits per heavy atom. The van der Waals surface area contributed by atoms with E-state index >= 15 is 0 Å². The number of carbonyl (C=O) groups is 1. The Kier molecular flexibility index (Phi) is 4.01. The van der Waals surface area contributed by atoms with Gasteiger partial charge in [-0.3, -0.25) is 14.2 Å². The third-order valence-corrected chi connectivity index (χ3v) is 5.44. The summed E-state index contributed by atoms with van der Waals surface area (Å²) >= 11 is 1.49. The summed E-state index contributed by atoms with van der Waals surface area (Å²) in [5.41, 5.74) is 8.06. The van der Waals surface area contributed by atoms with Crippen molar-refractivity contribution in [3.05, 3.63) is 50.6 Å². The maximum Gasteiger partial charge on any atom is 0.263 e. The fraction of sp³-hybridized carbons (Fsp3) is 0.278. The van der Waals surface area contributed by atoms with E-state index in [9.17, 15) is 9.59 Å². The first kappa shape index (κ1) is 16.4. The van der Waals surface area contributed by atoms with E-state index in [1.165, 1.54) is 15.9 Å². The summed E-state index contributed by atoms with van der Waals surface area (Å²) in [6, 6.07) is 6.94. The molecule has 3 aromatic rings. The minimum Gasteiger partial charge on any atom is -0.368 e. The fourth-order valence-corrected chi connectivity index (χ4v) is 3.72. The number of hydrogen-bond acceptors (Lipinski definition) is 4. The van der Waals surface area contributed by atoms with E-state index in [2.05, 4.69) is 0 Å². The van der Waals surface area contributed by atoms with Crippen molar-refractivity contribution in [2.45, 2.75) is 33.7 Å². The number of benzene rings is 1. The molecule has 2 heterocycles.